The van der Waals surface area contributed by atoms with Gasteiger partial charge in [-0.05, 0) is 12.8 Å². The molecule has 0 bridgehead atoms. The van der Waals surface area contributed by atoms with E-state index in [1.54, 1.807) is 0 Å². The van der Waals surface area contributed by atoms with Crippen LogP contribution in [0.4, 0.5) is 0 Å². The van der Waals surface area contributed by atoms with Crippen molar-refractivity contribution in [2.45, 2.75) is 52.9 Å². The second kappa shape index (κ2) is 5.63. The lowest BCUT2D eigenvalue weighted by Crippen LogP contribution is -2.33. The Kier molecular flexibility index (Phi) is 4.65. The van der Waals surface area contributed by atoms with Gasteiger partial charge in [0.1, 0.15) is 11.6 Å². The molecular weight excluding hydrogens is 232 g/mol. The topological polar surface area (TPSA) is 71.4 Å². The summed E-state index contributed by atoms with van der Waals surface area (Å²) in [7, 11) is 0. The summed E-state index contributed by atoms with van der Waals surface area (Å²) in [6, 6.07) is 0. The van der Waals surface area contributed by atoms with E-state index >= 15 is 0 Å². The molecule has 0 aromatic heterocycles. The predicted octanol–water partition coefficient (Wildman–Crippen LogP) is 2.45. The standard InChI is InChI=1S/C14H22O4/c1-14(2,3)11(15)7-9-5-4-6-10(13(9)18)8-12(16)17/h9-10H,4-8H2,1-3H3,(H,16,17). The first-order valence-electron chi connectivity index (χ1n) is 6.50. The fraction of sp³-hybridized carbons (Fsp3) is 0.786. The van der Waals surface area contributed by atoms with E-state index < -0.39 is 17.3 Å². The number of hydrogen-bond acceptors (Lipinski definition) is 3. The molecular formula is C14H22O4. The van der Waals surface area contributed by atoms with Crippen LogP contribution in [0.15, 0.2) is 0 Å². The van der Waals surface area contributed by atoms with Crippen molar-refractivity contribution in [1.29, 1.82) is 0 Å². The van der Waals surface area contributed by atoms with Crippen LogP contribution in [0.25, 0.3) is 0 Å². The van der Waals surface area contributed by atoms with Gasteiger partial charge in [0.15, 0.2) is 0 Å². The number of ketones is 2. The number of hydrogen-bond donors (Lipinski definition) is 1. The van der Waals surface area contributed by atoms with Gasteiger partial charge >= 0.3 is 5.97 Å². The van der Waals surface area contributed by atoms with Gasteiger partial charge < -0.3 is 5.11 Å². The van der Waals surface area contributed by atoms with Gasteiger partial charge in [0.2, 0.25) is 0 Å². The van der Waals surface area contributed by atoms with E-state index in [0.29, 0.717) is 6.42 Å². The summed E-state index contributed by atoms with van der Waals surface area (Å²) in [5.74, 6) is -1.54. The van der Waals surface area contributed by atoms with Crippen LogP contribution in [0.1, 0.15) is 52.9 Å². The minimum Gasteiger partial charge on any atom is -0.481 e. The fourth-order valence-electron chi connectivity index (χ4n) is 2.37. The smallest absolute Gasteiger partial charge is 0.304 e. The van der Waals surface area contributed by atoms with Crippen molar-refractivity contribution >= 4 is 17.5 Å². The monoisotopic (exact) mass is 254 g/mol. The molecule has 0 saturated heterocycles. The number of carboxylic acids is 1. The zero-order valence-electron chi connectivity index (χ0n) is 11.4. The lowest BCUT2D eigenvalue weighted by molar-refractivity contribution is -0.143. The second-order valence-corrected chi connectivity index (χ2v) is 6.20. The quantitative estimate of drug-likeness (QED) is 0.836. The third-order valence-corrected chi connectivity index (χ3v) is 3.60. The molecule has 0 amide bonds. The summed E-state index contributed by atoms with van der Waals surface area (Å²) < 4.78 is 0. The van der Waals surface area contributed by atoms with E-state index in [9.17, 15) is 14.4 Å². The van der Waals surface area contributed by atoms with Crippen LogP contribution >= 0.6 is 0 Å². The van der Waals surface area contributed by atoms with E-state index in [1.807, 2.05) is 20.8 Å². The minimum absolute atomic E-state index is 0.0266. The maximum absolute atomic E-state index is 12.1. The van der Waals surface area contributed by atoms with Crippen LogP contribution < -0.4 is 0 Å². The van der Waals surface area contributed by atoms with Gasteiger partial charge in [-0.2, -0.15) is 0 Å². The Bertz CT molecular complexity index is 351. The summed E-state index contributed by atoms with van der Waals surface area (Å²) in [4.78, 5) is 34.7. The summed E-state index contributed by atoms with van der Waals surface area (Å²) >= 11 is 0. The molecule has 4 nitrogen and oxygen atoms in total. The molecule has 0 heterocycles. The Morgan fingerprint density at radius 3 is 2.11 bits per heavy atom. The average Bonchev–Trinajstić information content (AvgIpc) is 2.21. The highest BCUT2D eigenvalue weighted by Gasteiger charge is 2.35. The zero-order valence-corrected chi connectivity index (χ0v) is 11.4. The number of carbonyl (C=O) groups excluding carboxylic acids is 2. The van der Waals surface area contributed by atoms with Crippen LogP contribution in [0.3, 0.4) is 0 Å². The molecule has 18 heavy (non-hydrogen) atoms. The Morgan fingerprint density at radius 2 is 1.67 bits per heavy atom. The van der Waals surface area contributed by atoms with Crippen molar-refractivity contribution in [1.82, 2.24) is 0 Å². The number of carboxylic acid groups (broad SMARTS) is 1. The van der Waals surface area contributed by atoms with Gasteiger partial charge in [-0.1, -0.05) is 27.2 Å². The summed E-state index contributed by atoms with van der Waals surface area (Å²) in [6.45, 7) is 5.53. The summed E-state index contributed by atoms with van der Waals surface area (Å²) in [5, 5.41) is 8.76. The maximum atomic E-state index is 12.1. The number of aliphatic carboxylic acids is 1. The maximum Gasteiger partial charge on any atom is 0.304 e. The Balaban J connectivity index is 2.64. The molecule has 0 aromatic rings. The van der Waals surface area contributed by atoms with Crippen molar-refractivity contribution < 1.29 is 19.5 Å². The highest BCUT2D eigenvalue weighted by Crippen LogP contribution is 2.32. The van der Waals surface area contributed by atoms with Crippen LogP contribution in [0, 0.1) is 17.3 Å². The summed E-state index contributed by atoms with van der Waals surface area (Å²) in [6.07, 6.45) is 2.37. The van der Waals surface area contributed by atoms with Crippen molar-refractivity contribution in [3.63, 3.8) is 0 Å². The molecule has 1 fully saturated rings. The zero-order chi connectivity index (χ0) is 13.9. The van der Waals surface area contributed by atoms with Gasteiger partial charge in [-0.15, -0.1) is 0 Å². The molecule has 0 aliphatic heterocycles. The molecule has 0 radical (unpaired) electrons. The number of rotatable bonds is 4. The first-order chi connectivity index (χ1) is 8.21. The van der Waals surface area contributed by atoms with Crippen molar-refractivity contribution in [2.75, 3.05) is 0 Å². The molecule has 0 aromatic carbocycles. The molecule has 1 aliphatic rings. The average molecular weight is 254 g/mol. The van der Waals surface area contributed by atoms with E-state index in [-0.39, 0.29) is 30.3 Å². The van der Waals surface area contributed by atoms with Gasteiger partial charge in [0.05, 0.1) is 6.42 Å². The normalized spacial score (nSPS) is 24.9. The van der Waals surface area contributed by atoms with Crippen LogP contribution in [0.5, 0.6) is 0 Å². The molecule has 1 N–H and O–H groups in total. The molecule has 102 valence electrons. The molecule has 0 spiro atoms. The molecule has 4 heteroatoms. The van der Waals surface area contributed by atoms with Gasteiger partial charge in [-0.3, -0.25) is 14.4 Å². The highest BCUT2D eigenvalue weighted by molar-refractivity contribution is 5.93. The van der Waals surface area contributed by atoms with E-state index in [0.717, 1.165) is 12.8 Å². The SMILES string of the molecule is CC(C)(C)C(=O)CC1CCCC(CC(=O)O)C1=O. The molecule has 2 atom stereocenters. The van der Waals surface area contributed by atoms with E-state index in [2.05, 4.69) is 0 Å². The number of Topliss-reactive ketones (excluding diaryl/α,β-unsaturated/α-hetero) is 2. The Morgan fingerprint density at radius 1 is 1.17 bits per heavy atom. The first kappa shape index (κ1) is 14.9. The number of carbonyl (C=O) groups is 3. The minimum atomic E-state index is -0.934. The third kappa shape index (κ3) is 3.93. The van der Waals surface area contributed by atoms with Crippen LogP contribution in [-0.4, -0.2) is 22.6 Å². The first-order valence-corrected chi connectivity index (χ1v) is 6.50. The predicted molar refractivity (Wildman–Crippen MR) is 67.2 cm³/mol. The van der Waals surface area contributed by atoms with E-state index in [1.165, 1.54) is 0 Å². The molecule has 1 saturated carbocycles. The lowest BCUT2D eigenvalue weighted by Gasteiger charge is -2.28. The van der Waals surface area contributed by atoms with Crippen molar-refractivity contribution in [3.05, 3.63) is 0 Å². The highest BCUT2D eigenvalue weighted by atomic mass is 16.4. The lowest BCUT2D eigenvalue weighted by atomic mass is 9.74. The van der Waals surface area contributed by atoms with Crippen LogP contribution in [0.2, 0.25) is 0 Å². The largest absolute Gasteiger partial charge is 0.481 e. The summed E-state index contributed by atoms with van der Waals surface area (Å²) in [5.41, 5.74) is -0.431. The fourth-order valence-corrected chi connectivity index (χ4v) is 2.37. The van der Waals surface area contributed by atoms with Gasteiger partial charge in [-0.25, -0.2) is 0 Å². The third-order valence-electron chi connectivity index (χ3n) is 3.60. The van der Waals surface area contributed by atoms with Crippen LogP contribution in [-0.2, 0) is 14.4 Å². The molecule has 2 unspecified atom stereocenters. The van der Waals surface area contributed by atoms with Gasteiger partial charge in [0.25, 0.3) is 0 Å². The van der Waals surface area contributed by atoms with Gasteiger partial charge in [0, 0.05) is 23.7 Å². The van der Waals surface area contributed by atoms with Crippen molar-refractivity contribution in [2.24, 2.45) is 17.3 Å². The molecule has 1 aliphatic carbocycles. The van der Waals surface area contributed by atoms with Crippen molar-refractivity contribution in [3.8, 4) is 0 Å². The second-order valence-electron chi connectivity index (χ2n) is 6.20. The molecule has 1 rings (SSSR count). The Labute approximate surface area is 108 Å². The Hall–Kier alpha value is -1.19. The van der Waals surface area contributed by atoms with E-state index in [4.69, 9.17) is 5.11 Å².